The van der Waals surface area contributed by atoms with Crippen molar-refractivity contribution in [2.45, 2.75) is 11.8 Å². The summed E-state index contributed by atoms with van der Waals surface area (Å²) in [6.07, 6.45) is 1.40. The Morgan fingerprint density at radius 2 is 1.77 bits per heavy atom. The molecule has 3 aromatic rings. The van der Waals surface area contributed by atoms with Crippen molar-refractivity contribution >= 4 is 62.6 Å². The summed E-state index contributed by atoms with van der Waals surface area (Å²) in [5.41, 5.74) is 4.54. The lowest BCUT2D eigenvalue weighted by Crippen LogP contribution is -2.24. The minimum absolute atomic E-state index is 0.0618. The van der Waals surface area contributed by atoms with E-state index in [1.165, 1.54) is 24.4 Å². The monoisotopic (exact) mass is 493 g/mol. The highest BCUT2D eigenvalue weighted by Gasteiger charge is 2.17. The van der Waals surface area contributed by atoms with Crippen LogP contribution in [0.25, 0.3) is 0 Å². The van der Waals surface area contributed by atoms with Gasteiger partial charge in [0.1, 0.15) is 4.90 Å². The van der Waals surface area contributed by atoms with Crippen molar-refractivity contribution in [1.82, 2.24) is 5.43 Å². The van der Waals surface area contributed by atoms with Crippen molar-refractivity contribution in [3.63, 3.8) is 0 Å². The van der Waals surface area contributed by atoms with E-state index in [4.69, 9.17) is 39.6 Å². The molecule has 0 saturated heterocycles. The summed E-state index contributed by atoms with van der Waals surface area (Å²) in [6.45, 7) is 1.87. The van der Waals surface area contributed by atoms with E-state index >= 15 is 0 Å². The smallest absolute Gasteiger partial charge is 0.339 e. The minimum atomic E-state index is -3.99. The quantitative estimate of drug-likeness (QED) is 0.207. The molecule has 0 unspecified atom stereocenters. The van der Waals surface area contributed by atoms with Crippen LogP contribution in [-0.4, -0.2) is 19.7 Å². The number of halogens is 2. The van der Waals surface area contributed by atoms with E-state index in [-0.39, 0.29) is 15.8 Å². The molecule has 2 N–H and O–H groups in total. The van der Waals surface area contributed by atoms with Crippen molar-refractivity contribution in [2.24, 2.45) is 5.10 Å². The van der Waals surface area contributed by atoms with Crippen LogP contribution in [0.2, 0.25) is 10.0 Å². The number of para-hydroxylation sites is 1. The standard InChI is InChI=1S/C21H17Cl2N3O3S2/c1-14-6-9-17(10-7-14)31(27,28)29-20-5-3-2-4-15(20)13-24-26-21(30)25-19-12-16(22)8-11-18(19)23/h2-13H,1H3,(H2,25,26,30)/b24-13+. The zero-order valence-electron chi connectivity index (χ0n) is 16.2. The number of rotatable bonds is 6. The van der Waals surface area contributed by atoms with Gasteiger partial charge in [0.15, 0.2) is 10.9 Å². The van der Waals surface area contributed by atoms with Gasteiger partial charge in [-0.1, -0.05) is 53.0 Å². The van der Waals surface area contributed by atoms with E-state index in [1.54, 1.807) is 48.5 Å². The Morgan fingerprint density at radius 3 is 2.52 bits per heavy atom. The summed E-state index contributed by atoms with van der Waals surface area (Å²) in [7, 11) is -3.99. The van der Waals surface area contributed by atoms with Crippen molar-refractivity contribution < 1.29 is 12.6 Å². The SMILES string of the molecule is Cc1ccc(S(=O)(=O)Oc2ccccc2/C=N/NC(=S)Nc2cc(Cl)ccc2Cl)cc1. The van der Waals surface area contributed by atoms with Gasteiger partial charge >= 0.3 is 10.1 Å². The fourth-order valence-corrected chi connectivity index (χ4v) is 3.89. The van der Waals surface area contributed by atoms with Gasteiger partial charge in [-0.15, -0.1) is 0 Å². The molecule has 0 aliphatic rings. The number of thiocarbonyl (C=S) groups is 1. The van der Waals surface area contributed by atoms with Crippen LogP contribution in [0.3, 0.4) is 0 Å². The maximum absolute atomic E-state index is 12.6. The Hall–Kier alpha value is -2.65. The van der Waals surface area contributed by atoms with Gasteiger partial charge in [-0.3, -0.25) is 5.43 Å². The number of hydrogen-bond acceptors (Lipinski definition) is 5. The molecule has 0 atom stereocenters. The van der Waals surface area contributed by atoms with Gasteiger partial charge in [0, 0.05) is 10.6 Å². The van der Waals surface area contributed by atoms with Gasteiger partial charge in [0.05, 0.1) is 16.9 Å². The molecular formula is C21H17Cl2N3O3S2. The molecule has 0 aliphatic carbocycles. The van der Waals surface area contributed by atoms with Crippen molar-refractivity contribution in [2.75, 3.05) is 5.32 Å². The average molecular weight is 494 g/mol. The Bertz CT molecular complexity index is 1230. The second kappa shape index (κ2) is 10.1. The molecular weight excluding hydrogens is 477 g/mol. The van der Waals surface area contributed by atoms with Crippen LogP contribution in [0.5, 0.6) is 5.75 Å². The van der Waals surface area contributed by atoms with E-state index in [9.17, 15) is 8.42 Å². The third-order valence-corrected chi connectivity index (χ3v) is 5.98. The molecule has 0 aromatic heterocycles. The predicted octanol–water partition coefficient (Wildman–Crippen LogP) is 5.39. The van der Waals surface area contributed by atoms with Crippen LogP contribution < -0.4 is 14.9 Å². The molecule has 3 rings (SSSR count). The Labute approximate surface area is 196 Å². The van der Waals surface area contributed by atoms with E-state index in [1.807, 2.05) is 6.92 Å². The Balaban J connectivity index is 1.70. The highest BCUT2D eigenvalue weighted by atomic mass is 35.5. The van der Waals surface area contributed by atoms with Gasteiger partial charge in [-0.2, -0.15) is 13.5 Å². The summed E-state index contributed by atoms with van der Waals surface area (Å²) < 4.78 is 30.5. The molecule has 10 heteroatoms. The first-order valence-corrected chi connectivity index (χ1v) is 11.5. The average Bonchev–Trinajstić information content (AvgIpc) is 2.72. The minimum Gasteiger partial charge on any atom is -0.378 e. The largest absolute Gasteiger partial charge is 0.378 e. The third kappa shape index (κ3) is 6.41. The lowest BCUT2D eigenvalue weighted by atomic mass is 10.2. The van der Waals surface area contributed by atoms with Gasteiger partial charge in [-0.25, -0.2) is 0 Å². The van der Waals surface area contributed by atoms with Crippen molar-refractivity contribution in [1.29, 1.82) is 0 Å². The van der Waals surface area contributed by atoms with Crippen LogP contribution >= 0.6 is 35.4 Å². The van der Waals surface area contributed by atoms with Crippen molar-refractivity contribution in [3.05, 3.63) is 87.9 Å². The fourth-order valence-electron chi connectivity index (χ4n) is 2.44. The van der Waals surface area contributed by atoms with E-state index in [0.29, 0.717) is 21.3 Å². The summed E-state index contributed by atoms with van der Waals surface area (Å²) in [6, 6.07) is 17.9. The highest BCUT2D eigenvalue weighted by Crippen LogP contribution is 2.25. The molecule has 0 heterocycles. The summed E-state index contributed by atoms with van der Waals surface area (Å²) in [5, 5.41) is 8.03. The fraction of sp³-hybridized carbons (Fsp3) is 0.0476. The lowest BCUT2D eigenvalue weighted by Gasteiger charge is -2.10. The van der Waals surface area contributed by atoms with E-state index in [2.05, 4.69) is 15.8 Å². The van der Waals surface area contributed by atoms with Gasteiger partial charge in [-0.05, 0) is 61.6 Å². The number of hydrogen-bond donors (Lipinski definition) is 2. The molecule has 0 bridgehead atoms. The molecule has 0 spiro atoms. The first-order valence-electron chi connectivity index (χ1n) is 8.90. The molecule has 160 valence electrons. The summed E-state index contributed by atoms with van der Waals surface area (Å²) in [5.74, 6) is 0.130. The van der Waals surface area contributed by atoms with Crippen molar-refractivity contribution in [3.8, 4) is 5.75 Å². The van der Waals surface area contributed by atoms with E-state index < -0.39 is 10.1 Å². The molecule has 0 saturated carbocycles. The molecule has 6 nitrogen and oxygen atoms in total. The van der Waals surface area contributed by atoms with Gasteiger partial charge in [0.2, 0.25) is 0 Å². The zero-order chi connectivity index (χ0) is 22.4. The summed E-state index contributed by atoms with van der Waals surface area (Å²) in [4.78, 5) is 0.0618. The third-order valence-electron chi connectivity index (χ3n) is 3.97. The van der Waals surface area contributed by atoms with Crippen LogP contribution in [0.15, 0.2) is 76.7 Å². The topological polar surface area (TPSA) is 79.8 Å². The second-order valence-corrected chi connectivity index (χ2v) is 9.13. The lowest BCUT2D eigenvalue weighted by molar-refractivity contribution is 0.485. The normalized spacial score (nSPS) is 11.3. The molecule has 3 aromatic carbocycles. The van der Waals surface area contributed by atoms with Crippen LogP contribution in [0, 0.1) is 6.92 Å². The van der Waals surface area contributed by atoms with Gasteiger partial charge < -0.3 is 9.50 Å². The molecule has 0 aliphatic heterocycles. The summed E-state index contributed by atoms with van der Waals surface area (Å²) >= 11 is 17.2. The zero-order valence-corrected chi connectivity index (χ0v) is 19.3. The van der Waals surface area contributed by atoms with Crippen LogP contribution in [0.4, 0.5) is 5.69 Å². The number of anilines is 1. The van der Waals surface area contributed by atoms with Gasteiger partial charge in [0.25, 0.3) is 0 Å². The number of aryl methyl sites for hydroxylation is 1. The Morgan fingerprint density at radius 1 is 1.06 bits per heavy atom. The number of benzene rings is 3. The number of nitrogens with zero attached hydrogens (tertiary/aromatic N) is 1. The second-order valence-electron chi connectivity index (χ2n) is 6.34. The molecule has 0 fully saturated rings. The Kier molecular flexibility index (Phi) is 7.50. The van der Waals surface area contributed by atoms with Crippen LogP contribution in [0.1, 0.15) is 11.1 Å². The predicted molar refractivity (Wildman–Crippen MR) is 129 cm³/mol. The molecule has 0 radical (unpaired) electrons. The number of hydrazone groups is 1. The van der Waals surface area contributed by atoms with Crippen LogP contribution in [-0.2, 0) is 10.1 Å². The maximum atomic E-state index is 12.6. The first kappa shape index (κ1) is 23.0. The molecule has 31 heavy (non-hydrogen) atoms. The molecule has 0 amide bonds. The first-order chi connectivity index (χ1) is 14.7. The highest BCUT2D eigenvalue weighted by molar-refractivity contribution is 7.87. The van der Waals surface area contributed by atoms with E-state index in [0.717, 1.165) is 5.56 Å². The number of nitrogens with one attached hydrogen (secondary N) is 2. The maximum Gasteiger partial charge on any atom is 0.339 e.